The van der Waals surface area contributed by atoms with Crippen LogP contribution in [0.2, 0.25) is 4.34 Å². The molecule has 0 aliphatic heterocycles. The van der Waals surface area contributed by atoms with Crippen LogP contribution >= 0.6 is 22.9 Å². The normalized spacial score (nSPS) is 12.2. The predicted molar refractivity (Wildman–Crippen MR) is 87.5 cm³/mol. The second kappa shape index (κ2) is 9.24. The first kappa shape index (κ1) is 17.3. The molecule has 0 saturated heterocycles. The Kier molecular flexibility index (Phi) is 8.00. The summed E-state index contributed by atoms with van der Waals surface area (Å²) in [4.78, 5) is 15.1. The second-order valence-electron chi connectivity index (χ2n) is 5.07. The number of rotatable bonds is 8. The first-order valence-electron chi connectivity index (χ1n) is 7.36. The summed E-state index contributed by atoms with van der Waals surface area (Å²) in [5.41, 5.74) is 0. The van der Waals surface area contributed by atoms with Gasteiger partial charge in [-0.3, -0.25) is 0 Å². The van der Waals surface area contributed by atoms with Gasteiger partial charge in [-0.05, 0) is 32.4 Å². The predicted octanol–water partition coefficient (Wildman–Crippen LogP) is 4.90. The van der Waals surface area contributed by atoms with E-state index in [4.69, 9.17) is 11.6 Å². The Morgan fingerprint density at radius 2 is 2.15 bits per heavy atom. The fraction of sp³-hybridized carbons (Fsp3) is 0.667. The molecule has 2 amide bonds. The number of thiophene rings is 1. The highest BCUT2D eigenvalue weighted by atomic mass is 35.5. The van der Waals surface area contributed by atoms with Crippen molar-refractivity contribution in [2.45, 2.75) is 59.0 Å². The van der Waals surface area contributed by atoms with E-state index in [1.54, 1.807) is 0 Å². The zero-order chi connectivity index (χ0) is 15.0. The van der Waals surface area contributed by atoms with Crippen molar-refractivity contribution < 1.29 is 4.79 Å². The van der Waals surface area contributed by atoms with Gasteiger partial charge in [-0.1, -0.05) is 37.8 Å². The van der Waals surface area contributed by atoms with E-state index in [0.717, 1.165) is 15.6 Å². The number of nitrogens with one attached hydrogen (secondary N) is 1. The van der Waals surface area contributed by atoms with Crippen molar-refractivity contribution in [2.24, 2.45) is 0 Å². The molecule has 20 heavy (non-hydrogen) atoms. The van der Waals surface area contributed by atoms with Crippen LogP contribution in [0.3, 0.4) is 0 Å². The molecule has 1 aromatic rings. The monoisotopic (exact) mass is 316 g/mol. The number of unbranched alkanes of at least 4 members (excludes halogenated alkanes) is 2. The highest BCUT2D eigenvalue weighted by Crippen LogP contribution is 2.22. The molecule has 1 heterocycles. The van der Waals surface area contributed by atoms with Gasteiger partial charge in [-0.2, -0.15) is 0 Å². The Bertz CT molecular complexity index is 408. The molecule has 0 saturated carbocycles. The number of nitrogens with zero attached hydrogens (tertiary/aromatic N) is 1. The minimum Gasteiger partial charge on any atom is -0.336 e. The van der Waals surface area contributed by atoms with Crippen LogP contribution in [0.25, 0.3) is 0 Å². The van der Waals surface area contributed by atoms with Crippen LogP contribution in [0.1, 0.15) is 51.3 Å². The molecule has 0 aliphatic carbocycles. The van der Waals surface area contributed by atoms with Gasteiger partial charge in [-0.15, -0.1) is 11.3 Å². The molecule has 1 unspecified atom stereocenters. The fourth-order valence-electron chi connectivity index (χ4n) is 2.03. The topological polar surface area (TPSA) is 32.3 Å². The molecule has 0 aromatic carbocycles. The second-order valence-corrected chi connectivity index (χ2v) is 6.87. The third-order valence-electron chi connectivity index (χ3n) is 3.26. The number of halogens is 1. The minimum atomic E-state index is 0.0148. The molecule has 1 aromatic heterocycles. The standard InChI is InChI=1S/C15H25ClN2OS/c1-4-6-7-8-12(3)17-15(19)18(5-2)11-13-9-10-14(16)20-13/h9-10,12H,4-8,11H2,1-3H3,(H,17,19). The highest BCUT2D eigenvalue weighted by Gasteiger charge is 2.15. The summed E-state index contributed by atoms with van der Waals surface area (Å²) in [7, 11) is 0. The minimum absolute atomic E-state index is 0.0148. The summed E-state index contributed by atoms with van der Waals surface area (Å²) in [6.45, 7) is 7.58. The maximum atomic E-state index is 12.2. The maximum absolute atomic E-state index is 12.2. The van der Waals surface area contributed by atoms with Crippen LogP contribution < -0.4 is 5.32 Å². The summed E-state index contributed by atoms with van der Waals surface area (Å²) in [5, 5.41) is 3.08. The molecule has 5 heteroatoms. The molecule has 0 spiro atoms. The van der Waals surface area contributed by atoms with Crippen LogP contribution in [0.5, 0.6) is 0 Å². The van der Waals surface area contributed by atoms with E-state index in [2.05, 4.69) is 19.2 Å². The van der Waals surface area contributed by atoms with E-state index in [0.29, 0.717) is 13.1 Å². The highest BCUT2D eigenvalue weighted by molar-refractivity contribution is 7.16. The van der Waals surface area contributed by atoms with E-state index >= 15 is 0 Å². The van der Waals surface area contributed by atoms with Crippen LogP contribution in [0, 0.1) is 0 Å². The van der Waals surface area contributed by atoms with E-state index in [9.17, 15) is 4.79 Å². The first-order valence-corrected chi connectivity index (χ1v) is 8.55. The van der Waals surface area contributed by atoms with E-state index < -0.39 is 0 Å². The number of carbonyl (C=O) groups is 1. The van der Waals surface area contributed by atoms with Crippen molar-refractivity contribution in [3.63, 3.8) is 0 Å². The lowest BCUT2D eigenvalue weighted by molar-refractivity contribution is 0.194. The lowest BCUT2D eigenvalue weighted by atomic mass is 10.1. The number of amides is 2. The van der Waals surface area contributed by atoms with Gasteiger partial charge < -0.3 is 10.2 Å². The van der Waals surface area contributed by atoms with Crippen LogP contribution in [0.15, 0.2) is 12.1 Å². The van der Waals surface area contributed by atoms with Crippen molar-refractivity contribution in [1.82, 2.24) is 10.2 Å². The Morgan fingerprint density at radius 1 is 1.40 bits per heavy atom. The van der Waals surface area contributed by atoms with Gasteiger partial charge in [0, 0.05) is 17.5 Å². The van der Waals surface area contributed by atoms with E-state index in [-0.39, 0.29) is 12.1 Å². The lowest BCUT2D eigenvalue weighted by Gasteiger charge is -2.23. The number of hydrogen-bond donors (Lipinski definition) is 1. The molecule has 1 N–H and O–H groups in total. The summed E-state index contributed by atoms with van der Waals surface area (Å²) < 4.78 is 0.768. The molecule has 0 radical (unpaired) electrons. The average Bonchev–Trinajstić information content (AvgIpc) is 2.81. The smallest absolute Gasteiger partial charge is 0.317 e. The summed E-state index contributed by atoms with van der Waals surface area (Å²) >= 11 is 7.45. The third-order valence-corrected chi connectivity index (χ3v) is 4.47. The van der Waals surface area contributed by atoms with Crippen molar-refractivity contribution in [3.8, 4) is 0 Å². The van der Waals surface area contributed by atoms with E-state index in [1.807, 2.05) is 24.0 Å². The van der Waals surface area contributed by atoms with Crippen LogP contribution in [-0.4, -0.2) is 23.5 Å². The molecular formula is C15H25ClN2OS. The molecule has 0 aliphatic rings. The Balaban J connectivity index is 2.42. The van der Waals surface area contributed by atoms with E-state index in [1.165, 1.54) is 30.6 Å². The Labute approximate surface area is 131 Å². The quantitative estimate of drug-likeness (QED) is 0.680. The van der Waals surface area contributed by atoms with Gasteiger partial charge in [0.15, 0.2) is 0 Å². The fourth-order valence-corrected chi connectivity index (χ4v) is 3.13. The van der Waals surface area contributed by atoms with Crippen molar-refractivity contribution in [1.29, 1.82) is 0 Å². The molecule has 1 atom stereocenters. The van der Waals surface area contributed by atoms with Crippen molar-refractivity contribution in [2.75, 3.05) is 6.54 Å². The van der Waals surface area contributed by atoms with Gasteiger partial charge in [0.2, 0.25) is 0 Å². The van der Waals surface area contributed by atoms with Gasteiger partial charge in [0.05, 0.1) is 10.9 Å². The van der Waals surface area contributed by atoms with Gasteiger partial charge in [0.25, 0.3) is 0 Å². The molecule has 0 bridgehead atoms. The third kappa shape index (κ3) is 6.14. The number of carbonyl (C=O) groups excluding carboxylic acids is 1. The van der Waals surface area contributed by atoms with Crippen LogP contribution in [0.4, 0.5) is 4.79 Å². The largest absolute Gasteiger partial charge is 0.336 e. The molecule has 1 rings (SSSR count). The lowest BCUT2D eigenvalue weighted by Crippen LogP contribution is -2.43. The molecule has 114 valence electrons. The van der Waals surface area contributed by atoms with Gasteiger partial charge in [-0.25, -0.2) is 4.79 Å². The number of hydrogen-bond acceptors (Lipinski definition) is 2. The molecule has 3 nitrogen and oxygen atoms in total. The van der Waals surface area contributed by atoms with Gasteiger partial charge >= 0.3 is 6.03 Å². The summed E-state index contributed by atoms with van der Waals surface area (Å²) in [5.74, 6) is 0. The summed E-state index contributed by atoms with van der Waals surface area (Å²) in [6, 6.07) is 4.10. The first-order chi connectivity index (χ1) is 9.56. The van der Waals surface area contributed by atoms with Crippen molar-refractivity contribution in [3.05, 3.63) is 21.3 Å². The zero-order valence-electron chi connectivity index (χ0n) is 12.6. The average molecular weight is 317 g/mol. The Hall–Kier alpha value is -0.740. The van der Waals surface area contributed by atoms with Gasteiger partial charge in [0.1, 0.15) is 0 Å². The zero-order valence-corrected chi connectivity index (χ0v) is 14.2. The van der Waals surface area contributed by atoms with Crippen LogP contribution in [-0.2, 0) is 6.54 Å². The summed E-state index contributed by atoms with van der Waals surface area (Å²) in [6.07, 6.45) is 4.65. The molecular weight excluding hydrogens is 292 g/mol. The maximum Gasteiger partial charge on any atom is 0.317 e. The molecule has 0 fully saturated rings. The number of urea groups is 1. The Morgan fingerprint density at radius 3 is 2.70 bits per heavy atom. The van der Waals surface area contributed by atoms with Crippen molar-refractivity contribution >= 4 is 29.0 Å². The SMILES string of the molecule is CCCCCC(C)NC(=O)N(CC)Cc1ccc(Cl)s1.